The summed E-state index contributed by atoms with van der Waals surface area (Å²) in [4.78, 5) is 32.8. The van der Waals surface area contributed by atoms with Crippen molar-refractivity contribution in [3.8, 4) is 11.8 Å². The molecule has 2 amide bonds. The van der Waals surface area contributed by atoms with E-state index in [-0.39, 0.29) is 25.7 Å². The van der Waals surface area contributed by atoms with Gasteiger partial charge in [0.1, 0.15) is 12.6 Å². The monoisotopic (exact) mass is 532 g/mol. The molecule has 0 spiro atoms. The molecule has 206 valence electrons. The molecule has 0 aliphatic heterocycles. The van der Waals surface area contributed by atoms with Crippen LogP contribution < -0.4 is 10.8 Å². The number of hydroxylamine groups is 1. The number of unbranched alkanes of at least 4 members (excludes halogenated alkanes) is 2. The fourth-order valence-electron chi connectivity index (χ4n) is 4.14. The molecule has 0 fully saturated rings. The summed E-state index contributed by atoms with van der Waals surface area (Å²) < 4.78 is 10.5. The van der Waals surface area contributed by atoms with E-state index >= 15 is 0 Å². The van der Waals surface area contributed by atoms with E-state index in [1.807, 2.05) is 48.7 Å². The Kier molecular flexibility index (Phi) is 12.7. The Balaban J connectivity index is 1.56. The summed E-state index contributed by atoms with van der Waals surface area (Å²) in [5.41, 5.74) is 4.00. The van der Waals surface area contributed by atoms with Crippen LogP contribution >= 0.6 is 0 Å². The number of hydrogen-bond donors (Lipinski definition) is 4. The Bertz CT molecular complexity index is 1190. The summed E-state index contributed by atoms with van der Waals surface area (Å²) >= 11 is 0. The number of ether oxygens (including phenoxy) is 2. The van der Waals surface area contributed by atoms with Gasteiger partial charge in [-0.2, -0.15) is 0 Å². The average molecular weight is 533 g/mol. The van der Waals surface area contributed by atoms with Gasteiger partial charge < -0.3 is 19.8 Å². The van der Waals surface area contributed by atoms with Gasteiger partial charge >= 0.3 is 0 Å². The second-order valence-electron chi connectivity index (χ2n) is 9.17. The summed E-state index contributed by atoms with van der Waals surface area (Å²) in [6.45, 7) is 0.200. The topological polar surface area (TPSA) is 126 Å². The number of nitrogens with zero attached hydrogens (tertiary/aromatic N) is 1. The number of rotatable bonds is 15. The summed E-state index contributed by atoms with van der Waals surface area (Å²) in [5.74, 6) is 5.93. The molecule has 3 rings (SSSR count). The lowest BCUT2D eigenvalue weighted by atomic mass is 9.92. The smallest absolute Gasteiger partial charge is 0.251 e. The highest BCUT2D eigenvalue weighted by Gasteiger charge is 2.25. The predicted octanol–water partition coefficient (Wildman–Crippen LogP) is 3.65. The van der Waals surface area contributed by atoms with Gasteiger partial charge in [-0.05, 0) is 55.5 Å². The molecule has 9 heteroatoms. The first-order chi connectivity index (χ1) is 19.1. The number of carbonyl (C=O) groups excluding carboxylic acids is 2. The summed E-state index contributed by atoms with van der Waals surface area (Å²) in [6.07, 6.45) is 7.95. The van der Waals surface area contributed by atoms with Crippen LogP contribution in [0, 0.1) is 17.8 Å². The minimum Gasteiger partial charge on any atom is -0.359 e. The van der Waals surface area contributed by atoms with Crippen molar-refractivity contribution in [2.75, 3.05) is 20.5 Å². The third-order valence-corrected chi connectivity index (χ3v) is 6.13. The number of aryl methyl sites for hydroxylation is 1. The van der Waals surface area contributed by atoms with Crippen molar-refractivity contribution in [1.82, 2.24) is 20.8 Å². The molecule has 1 aromatic heterocycles. The van der Waals surface area contributed by atoms with E-state index in [1.54, 1.807) is 23.8 Å². The van der Waals surface area contributed by atoms with E-state index in [4.69, 9.17) is 9.47 Å². The highest BCUT2D eigenvalue weighted by Crippen LogP contribution is 2.16. The molecule has 0 bridgehead atoms. The number of amides is 2. The highest BCUT2D eigenvalue weighted by atomic mass is 16.7. The van der Waals surface area contributed by atoms with Gasteiger partial charge in [-0.25, -0.2) is 10.5 Å². The van der Waals surface area contributed by atoms with Crippen molar-refractivity contribution >= 4 is 11.8 Å². The number of methoxy groups -OCH3 is 1. The number of aromatic nitrogens is 2. The molecule has 0 aliphatic rings. The van der Waals surface area contributed by atoms with E-state index in [1.165, 1.54) is 7.11 Å². The first-order valence-electron chi connectivity index (χ1n) is 13.0. The van der Waals surface area contributed by atoms with E-state index in [9.17, 15) is 14.8 Å². The maximum atomic E-state index is 13.0. The van der Waals surface area contributed by atoms with Crippen molar-refractivity contribution in [3.05, 3.63) is 89.5 Å². The fraction of sp³-hybridized carbons (Fsp3) is 0.367. The molecule has 2 aromatic carbocycles. The SMILES string of the molecule is COCOC[C@H](C[C@H](Cc1ccccc1)C(=O)NO)NC(=O)c1ccc(C#CCCCCc2ncc[nH]2)cc1. The molecule has 1 heterocycles. The zero-order chi connectivity index (χ0) is 27.7. The molecule has 39 heavy (non-hydrogen) atoms. The van der Waals surface area contributed by atoms with Crippen molar-refractivity contribution in [2.24, 2.45) is 5.92 Å². The van der Waals surface area contributed by atoms with E-state index in [0.717, 1.165) is 42.6 Å². The van der Waals surface area contributed by atoms with E-state index in [0.29, 0.717) is 12.0 Å². The lowest BCUT2D eigenvalue weighted by Gasteiger charge is -2.23. The molecule has 3 aromatic rings. The molecule has 2 atom stereocenters. The third-order valence-electron chi connectivity index (χ3n) is 6.13. The van der Waals surface area contributed by atoms with Crippen molar-refractivity contribution < 1.29 is 24.3 Å². The predicted molar refractivity (Wildman–Crippen MR) is 147 cm³/mol. The van der Waals surface area contributed by atoms with Gasteiger partial charge in [0, 0.05) is 49.4 Å². The molecule has 0 aliphatic carbocycles. The Morgan fingerprint density at radius 3 is 2.59 bits per heavy atom. The van der Waals surface area contributed by atoms with Crippen LogP contribution in [0.25, 0.3) is 0 Å². The van der Waals surface area contributed by atoms with Crippen LogP contribution in [0.1, 0.15) is 53.0 Å². The van der Waals surface area contributed by atoms with Crippen LogP contribution in [-0.4, -0.2) is 53.5 Å². The van der Waals surface area contributed by atoms with Crippen LogP contribution in [0.3, 0.4) is 0 Å². The molecule has 9 nitrogen and oxygen atoms in total. The first kappa shape index (κ1) is 29.6. The Labute approximate surface area is 229 Å². The van der Waals surface area contributed by atoms with Crippen molar-refractivity contribution in [2.45, 2.75) is 44.6 Å². The molecule has 0 saturated carbocycles. The van der Waals surface area contributed by atoms with Crippen molar-refractivity contribution in [1.29, 1.82) is 0 Å². The van der Waals surface area contributed by atoms with E-state index < -0.39 is 17.9 Å². The largest absolute Gasteiger partial charge is 0.359 e. The van der Waals surface area contributed by atoms with E-state index in [2.05, 4.69) is 27.1 Å². The Morgan fingerprint density at radius 2 is 1.90 bits per heavy atom. The number of benzene rings is 2. The maximum absolute atomic E-state index is 13.0. The van der Waals surface area contributed by atoms with Gasteiger partial charge in [-0.15, -0.1) is 0 Å². The first-order valence-corrected chi connectivity index (χ1v) is 13.0. The summed E-state index contributed by atoms with van der Waals surface area (Å²) in [5, 5.41) is 12.2. The lowest BCUT2D eigenvalue weighted by Crippen LogP contribution is -2.42. The van der Waals surface area contributed by atoms with Crippen LogP contribution in [0.5, 0.6) is 0 Å². The molecule has 4 N–H and O–H groups in total. The maximum Gasteiger partial charge on any atom is 0.251 e. The summed E-state index contributed by atoms with van der Waals surface area (Å²) in [6, 6.07) is 16.1. The van der Waals surface area contributed by atoms with Crippen LogP contribution in [0.4, 0.5) is 0 Å². The lowest BCUT2D eigenvalue weighted by molar-refractivity contribution is -0.134. The van der Waals surface area contributed by atoms with Crippen LogP contribution in [0.2, 0.25) is 0 Å². The zero-order valence-electron chi connectivity index (χ0n) is 22.2. The van der Waals surface area contributed by atoms with Crippen LogP contribution in [-0.2, 0) is 27.1 Å². The molecule has 0 unspecified atom stereocenters. The third kappa shape index (κ3) is 10.7. The normalized spacial score (nSPS) is 12.2. The van der Waals surface area contributed by atoms with Gasteiger partial charge in [0.05, 0.1) is 12.6 Å². The number of hydrogen-bond acceptors (Lipinski definition) is 6. The second-order valence-corrected chi connectivity index (χ2v) is 9.17. The Hall–Kier alpha value is -3.97. The number of nitrogens with one attached hydrogen (secondary N) is 3. The number of carbonyl (C=O) groups is 2. The van der Waals surface area contributed by atoms with Crippen LogP contribution in [0.15, 0.2) is 67.0 Å². The molecule has 0 radical (unpaired) electrons. The average Bonchev–Trinajstić information content (AvgIpc) is 3.48. The van der Waals surface area contributed by atoms with Gasteiger partial charge in [0.25, 0.3) is 5.91 Å². The highest BCUT2D eigenvalue weighted by molar-refractivity contribution is 5.94. The minimum atomic E-state index is -0.578. The number of aromatic amines is 1. The van der Waals surface area contributed by atoms with Crippen molar-refractivity contribution in [3.63, 3.8) is 0 Å². The fourth-order valence-corrected chi connectivity index (χ4v) is 4.14. The second kappa shape index (κ2) is 16.8. The van der Waals surface area contributed by atoms with Gasteiger partial charge in [0.15, 0.2) is 0 Å². The molecular weight excluding hydrogens is 496 g/mol. The number of imidazole rings is 1. The standard InChI is InChI=1S/C30H36N4O5/c1-38-22-39-21-27(20-26(30(36)34-37)19-24-10-6-4-7-11-24)33-29(35)25-15-13-23(14-16-25)9-5-2-3-8-12-28-31-17-18-32-28/h4,6-7,10-11,13-18,26-27,37H,2-3,8,12,19-22H2,1H3,(H,31,32)(H,33,35)(H,34,36)/t26-,27-/m0/s1. The van der Waals surface area contributed by atoms with Gasteiger partial charge in [0.2, 0.25) is 5.91 Å². The molecule has 0 saturated heterocycles. The number of H-pyrrole nitrogens is 1. The zero-order valence-corrected chi connectivity index (χ0v) is 22.2. The minimum absolute atomic E-state index is 0.0537. The Morgan fingerprint density at radius 1 is 1.10 bits per heavy atom. The summed E-state index contributed by atoms with van der Waals surface area (Å²) in [7, 11) is 1.51. The quantitative estimate of drug-likeness (QED) is 0.0779. The van der Waals surface area contributed by atoms with Gasteiger partial charge in [-0.1, -0.05) is 42.2 Å². The molecular formula is C30H36N4O5. The van der Waals surface area contributed by atoms with Gasteiger partial charge in [-0.3, -0.25) is 14.8 Å².